The Hall–Kier alpha value is -1.13. The highest BCUT2D eigenvalue weighted by molar-refractivity contribution is 9.10. The molecule has 2 aromatic rings. The first kappa shape index (κ1) is 13.8. The molecular weight excluding hydrogens is 338 g/mol. The molecule has 0 atom stereocenters. The maximum atomic E-state index is 6.02. The Balaban J connectivity index is 2.02. The van der Waals surface area contributed by atoms with E-state index in [9.17, 15) is 0 Å². The molecule has 0 saturated heterocycles. The summed E-state index contributed by atoms with van der Waals surface area (Å²) >= 11 is 9.45. The van der Waals surface area contributed by atoms with Crippen LogP contribution < -0.4 is 5.73 Å². The van der Waals surface area contributed by atoms with Gasteiger partial charge in [0, 0.05) is 27.7 Å². The van der Waals surface area contributed by atoms with E-state index < -0.39 is 0 Å². The number of nitrogens with two attached hydrogens (primary N) is 1. The molecule has 5 heteroatoms. The van der Waals surface area contributed by atoms with E-state index in [1.807, 2.05) is 24.3 Å². The van der Waals surface area contributed by atoms with Gasteiger partial charge in [0.25, 0.3) is 0 Å². The Labute approximate surface area is 131 Å². The van der Waals surface area contributed by atoms with Gasteiger partial charge in [0.15, 0.2) is 5.82 Å². The van der Waals surface area contributed by atoms with Gasteiger partial charge in [-0.15, -0.1) is 0 Å². The van der Waals surface area contributed by atoms with E-state index in [0.29, 0.717) is 22.6 Å². The van der Waals surface area contributed by atoms with Crippen LogP contribution in [0.15, 0.2) is 28.7 Å². The minimum absolute atomic E-state index is 0.523. The van der Waals surface area contributed by atoms with Gasteiger partial charge in [-0.2, -0.15) is 0 Å². The molecule has 0 radical (unpaired) electrons. The molecule has 104 valence electrons. The van der Waals surface area contributed by atoms with Gasteiger partial charge >= 0.3 is 0 Å². The van der Waals surface area contributed by atoms with Crippen molar-refractivity contribution >= 4 is 33.3 Å². The Bertz CT molecular complexity index is 639. The van der Waals surface area contributed by atoms with Gasteiger partial charge in [-0.25, -0.2) is 9.97 Å². The lowest BCUT2D eigenvalue weighted by molar-refractivity contribution is 0.696. The van der Waals surface area contributed by atoms with Gasteiger partial charge in [-0.05, 0) is 47.0 Å². The van der Waals surface area contributed by atoms with Crippen LogP contribution in [0.25, 0.3) is 11.4 Å². The summed E-state index contributed by atoms with van der Waals surface area (Å²) in [6.07, 6.45) is 4.94. The third kappa shape index (κ3) is 2.81. The molecule has 3 nitrogen and oxygen atoms in total. The lowest BCUT2D eigenvalue weighted by Crippen LogP contribution is -2.03. The minimum atomic E-state index is 0.523. The standard InChI is InChI=1S/C15H15BrClN3/c16-11-7-10(5-6-12(11)17)15-19-13(8-14(18)20-15)9-3-1-2-4-9/h5-9H,1-4H2,(H2,18,19,20). The average Bonchev–Trinajstić information content (AvgIpc) is 2.95. The molecule has 0 spiro atoms. The Morgan fingerprint density at radius 3 is 2.60 bits per heavy atom. The van der Waals surface area contributed by atoms with Crippen molar-refractivity contribution in [2.45, 2.75) is 31.6 Å². The normalized spacial score (nSPS) is 15.7. The third-order valence-electron chi connectivity index (χ3n) is 3.72. The summed E-state index contributed by atoms with van der Waals surface area (Å²) in [5.74, 6) is 1.72. The highest BCUT2D eigenvalue weighted by atomic mass is 79.9. The van der Waals surface area contributed by atoms with Crippen molar-refractivity contribution in [1.82, 2.24) is 9.97 Å². The summed E-state index contributed by atoms with van der Waals surface area (Å²) < 4.78 is 0.838. The van der Waals surface area contributed by atoms with Crippen LogP contribution >= 0.6 is 27.5 Å². The highest BCUT2D eigenvalue weighted by Gasteiger charge is 2.20. The maximum Gasteiger partial charge on any atom is 0.161 e. The smallest absolute Gasteiger partial charge is 0.161 e. The van der Waals surface area contributed by atoms with Crippen LogP contribution in [0.5, 0.6) is 0 Å². The van der Waals surface area contributed by atoms with E-state index in [0.717, 1.165) is 15.7 Å². The van der Waals surface area contributed by atoms with E-state index in [1.165, 1.54) is 25.7 Å². The number of benzene rings is 1. The van der Waals surface area contributed by atoms with Crippen molar-refractivity contribution in [3.05, 3.63) is 39.5 Å². The second kappa shape index (κ2) is 5.70. The van der Waals surface area contributed by atoms with Crippen molar-refractivity contribution in [3.63, 3.8) is 0 Å². The van der Waals surface area contributed by atoms with Gasteiger partial charge < -0.3 is 5.73 Å². The third-order valence-corrected chi connectivity index (χ3v) is 4.93. The Morgan fingerprint density at radius 2 is 1.90 bits per heavy atom. The van der Waals surface area contributed by atoms with Crippen LogP contribution in [0.2, 0.25) is 5.02 Å². The molecule has 1 aliphatic carbocycles. The van der Waals surface area contributed by atoms with Gasteiger partial charge in [0.1, 0.15) is 5.82 Å². The average molecular weight is 353 g/mol. The largest absolute Gasteiger partial charge is 0.384 e. The van der Waals surface area contributed by atoms with Gasteiger partial charge in [0.05, 0.1) is 5.02 Å². The fourth-order valence-electron chi connectivity index (χ4n) is 2.68. The fourth-order valence-corrected chi connectivity index (χ4v) is 3.18. The summed E-state index contributed by atoms with van der Waals surface area (Å²) in [7, 11) is 0. The highest BCUT2D eigenvalue weighted by Crippen LogP contribution is 2.35. The Morgan fingerprint density at radius 1 is 1.15 bits per heavy atom. The molecule has 20 heavy (non-hydrogen) atoms. The minimum Gasteiger partial charge on any atom is -0.384 e. The van der Waals surface area contributed by atoms with Crippen molar-refractivity contribution < 1.29 is 0 Å². The van der Waals surface area contributed by atoms with Gasteiger partial charge in [0.2, 0.25) is 0 Å². The number of hydrogen-bond acceptors (Lipinski definition) is 3. The molecule has 1 aromatic carbocycles. The van der Waals surface area contributed by atoms with E-state index in [-0.39, 0.29) is 0 Å². The van der Waals surface area contributed by atoms with E-state index in [1.54, 1.807) is 0 Å². The Kier molecular flexibility index (Phi) is 3.94. The first-order valence-electron chi connectivity index (χ1n) is 6.73. The fraction of sp³-hybridized carbons (Fsp3) is 0.333. The predicted molar refractivity (Wildman–Crippen MR) is 85.8 cm³/mol. The van der Waals surface area contributed by atoms with Crippen LogP contribution in [-0.2, 0) is 0 Å². The van der Waals surface area contributed by atoms with Crippen molar-refractivity contribution in [2.75, 3.05) is 5.73 Å². The van der Waals surface area contributed by atoms with E-state index in [2.05, 4.69) is 20.9 Å². The molecular formula is C15H15BrClN3. The van der Waals surface area contributed by atoms with Crippen LogP contribution in [0.3, 0.4) is 0 Å². The van der Waals surface area contributed by atoms with Crippen molar-refractivity contribution in [2.24, 2.45) is 0 Å². The van der Waals surface area contributed by atoms with Crippen molar-refractivity contribution in [3.8, 4) is 11.4 Å². The maximum absolute atomic E-state index is 6.02. The summed E-state index contributed by atoms with van der Waals surface area (Å²) in [5, 5.41) is 0.675. The number of aromatic nitrogens is 2. The van der Waals surface area contributed by atoms with Crippen molar-refractivity contribution in [1.29, 1.82) is 0 Å². The molecule has 1 fully saturated rings. The van der Waals surface area contributed by atoms with Gasteiger partial charge in [-0.3, -0.25) is 0 Å². The number of nitrogen functional groups attached to an aromatic ring is 1. The van der Waals surface area contributed by atoms with Gasteiger partial charge in [-0.1, -0.05) is 24.4 Å². The molecule has 3 rings (SSSR count). The zero-order chi connectivity index (χ0) is 14.1. The van der Waals surface area contributed by atoms with Crippen LogP contribution in [0.4, 0.5) is 5.82 Å². The summed E-state index contributed by atoms with van der Waals surface area (Å²) in [6.45, 7) is 0. The molecule has 0 amide bonds. The van der Waals surface area contributed by atoms with Crippen LogP contribution in [-0.4, -0.2) is 9.97 Å². The number of halogens is 2. The quantitative estimate of drug-likeness (QED) is 0.844. The second-order valence-electron chi connectivity index (χ2n) is 5.15. The molecule has 0 bridgehead atoms. The SMILES string of the molecule is Nc1cc(C2CCCC2)nc(-c2ccc(Cl)c(Br)c2)n1. The number of hydrogen-bond donors (Lipinski definition) is 1. The zero-order valence-corrected chi connectivity index (χ0v) is 13.3. The summed E-state index contributed by atoms with van der Waals surface area (Å²) in [6, 6.07) is 7.59. The van der Waals surface area contributed by atoms with Crippen LogP contribution in [0.1, 0.15) is 37.3 Å². The zero-order valence-electron chi connectivity index (χ0n) is 10.9. The van der Waals surface area contributed by atoms with Crippen LogP contribution in [0, 0.1) is 0 Å². The lowest BCUT2D eigenvalue weighted by atomic mass is 10.0. The molecule has 0 aliphatic heterocycles. The molecule has 0 unspecified atom stereocenters. The first-order valence-corrected chi connectivity index (χ1v) is 7.90. The molecule has 1 saturated carbocycles. The van der Waals surface area contributed by atoms with E-state index in [4.69, 9.17) is 22.3 Å². The second-order valence-corrected chi connectivity index (χ2v) is 6.41. The summed E-state index contributed by atoms with van der Waals surface area (Å²) in [5.41, 5.74) is 7.93. The molecule has 1 aromatic heterocycles. The number of nitrogens with zero attached hydrogens (tertiary/aromatic N) is 2. The predicted octanol–water partition coefficient (Wildman–Crippen LogP) is 4.80. The first-order chi connectivity index (χ1) is 9.63. The molecule has 1 heterocycles. The topological polar surface area (TPSA) is 51.8 Å². The lowest BCUT2D eigenvalue weighted by Gasteiger charge is -2.11. The number of anilines is 1. The van der Waals surface area contributed by atoms with E-state index >= 15 is 0 Å². The summed E-state index contributed by atoms with van der Waals surface area (Å²) in [4.78, 5) is 9.05. The molecule has 2 N–H and O–H groups in total. The molecule has 1 aliphatic rings. The monoisotopic (exact) mass is 351 g/mol. The number of rotatable bonds is 2.